The summed E-state index contributed by atoms with van der Waals surface area (Å²) in [5.74, 6) is 0. The molecule has 1 unspecified atom stereocenters. The minimum atomic E-state index is -0.0391. The van der Waals surface area contributed by atoms with E-state index in [1.165, 1.54) is 9.75 Å². The Kier molecular flexibility index (Phi) is 4.06. The van der Waals surface area contributed by atoms with Crippen LogP contribution >= 0.6 is 38.9 Å². The molecule has 1 atom stereocenters. The van der Waals surface area contributed by atoms with Crippen LogP contribution in [-0.4, -0.2) is 0 Å². The molecule has 0 radical (unpaired) electrons. The standard InChI is InChI=1S/C13H12BrClS/c1-2-11-6-7-12(16-11)13(15)9-4-3-5-10(14)8-9/h3-8,13H,2H2,1H3. The van der Waals surface area contributed by atoms with Crippen LogP contribution in [0.15, 0.2) is 40.9 Å². The first kappa shape index (κ1) is 12.2. The van der Waals surface area contributed by atoms with Gasteiger partial charge in [0.05, 0.1) is 5.38 Å². The molecular formula is C13H12BrClS. The van der Waals surface area contributed by atoms with Crippen LogP contribution < -0.4 is 0 Å². The predicted octanol–water partition coefficient (Wildman–Crippen LogP) is 5.40. The fraction of sp³-hybridized carbons (Fsp3) is 0.231. The Hall–Kier alpha value is -0.310. The lowest BCUT2D eigenvalue weighted by molar-refractivity contribution is 1.18. The Balaban J connectivity index is 2.27. The Labute approximate surface area is 113 Å². The number of alkyl halides is 1. The van der Waals surface area contributed by atoms with Gasteiger partial charge in [0.1, 0.15) is 0 Å². The van der Waals surface area contributed by atoms with Gasteiger partial charge in [-0.1, -0.05) is 35.0 Å². The number of thiophene rings is 1. The zero-order valence-electron chi connectivity index (χ0n) is 8.91. The van der Waals surface area contributed by atoms with Crippen molar-refractivity contribution >= 4 is 38.9 Å². The van der Waals surface area contributed by atoms with Crippen LogP contribution in [0.2, 0.25) is 0 Å². The van der Waals surface area contributed by atoms with Gasteiger partial charge in [-0.05, 0) is 36.2 Å². The van der Waals surface area contributed by atoms with Crippen molar-refractivity contribution in [2.45, 2.75) is 18.7 Å². The highest BCUT2D eigenvalue weighted by atomic mass is 79.9. The van der Waals surface area contributed by atoms with E-state index < -0.39 is 0 Å². The van der Waals surface area contributed by atoms with Crippen molar-refractivity contribution in [2.24, 2.45) is 0 Å². The molecule has 0 aliphatic carbocycles. The first-order valence-electron chi connectivity index (χ1n) is 5.19. The van der Waals surface area contributed by atoms with Gasteiger partial charge in [-0.2, -0.15) is 0 Å². The van der Waals surface area contributed by atoms with Crippen LogP contribution in [0.5, 0.6) is 0 Å². The van der Waals surface area contributed by atoms with Crippen LogP contribution in [0, 0.1) is 0 Å². The van der Waals surface area contributed by atoms with E-state index in [4.69, 9.17) is 11.6 Å². The molecule has 0 aliphatic heterocycles. The van der Waals surface area contributed by atoms with Crippen molar-refractivity contribution < 1.29 is 0 Å². The summed E-state index contributed by atoms with van der Waals surface area (Å²) < 4.78 is 1.07. The Morgan fingerprint density at radius 3 is 2.75 bits per heavy atom. The van der Waals surface area contributed by atoms with Gasteiger partial charge in [0.15, 0.2) is 0 Å². The summed E-state index contributed by atoms with van der Waals surface area (Å²) in [4.78, 5) is 2.60. The molecular weight excluding hydrogens is 304 g/mol. The van der Waals surface area contributed by atoms with E-state index in [9.17, 15) is 0 Å². The molecule has 0 bridgehead atoms. The SMILES string of the molecule is CCc1ccc(C(Cl)c2cccc(Br)c2)s1. The van der Waals surface area contributed by atoms with Crippen molar-refractivity contribution in [2.75, 3.05) is 0 Å². The van der Waals surface area contributed by atoms with Gasteiger partial charge < -0.3 is 0 Å². The third-order valence-electron chi connectivity index (χ3n) is 2.42. The molecule has 0 nitrogen and oxygen atoms in total. The molecule has 2 rings (SSSR count). The maximum Gasteiger partial charge on any atom is 0.0928 e. The average molecular weight is 316 g/mol. The normalized spacial score (nSPS) is 12.7. The molecule has 1 aromatic carbocycles. The van der Waals surface area contributed by atoms with E-state index in [2.05, 4.69) is 47.1 Å². The molecule has 0 saturated heterocycles. The van der Waals surface area contributed by atoms with E-state index in [1.54, 1.807) is 11.3 Å². The van der Waals surface area contributed by atoms with Crippen molar-refractivity contribution in [1.82, 2.24) is 0 Å². The number of benzene rings is 1. The molecule has 2 aromatic rings. The van der Waals surface area contributed by atoms with Crippen LogP contribution in [0.3, 0.4) is 0 Å². The van der Waals surface area contributed by atoms with Crippen LogP contribution in [0.4, 0.5) is 0 Å². The molecule has 16 heavy (non-hydrogen) atoms. The molecule has 0 aliphatic rings. The lowest BCUT2D eigenvalue weighted by Gasteiger charge is -2.07. The van der Waals surface area contributed by atoms with Crippen LogP contribution in [-0.2, 0) is 6.42 Å². The Morgan fingerprint density at radius 2 is 2.12 bits per heavy atom. The molecule has 84 valence electrons. The largest absolute Gasteiger partial charge is 0.143 e. The van der Waals surface area contributed by atoms with Gasteiger partial charge in [0.25, 0.3) is 0 Å². The van der Waals surface area contributed by atoms with Gasteiger partial charge in [-0.3, -0.25) is 0 Å². The molecule has 0 N–H and O–H groups in total. The quantitative estimate of drug-likeness (QED) is 0.665. The lowest BCUT2D eigenvalue weighted by Crippen LogP contribution is -1.89. The number of aryl methyl sites for hydroxylation is 1. The Morgan fingerprint density at radius 1 is 1.31 bits per heavy atom. The van der Waals surface area contributed by atoms with Crippen LogP contribution in [0.1, 0.15) is 27.6 Å². The lowest BCUT2D eigenvalue weighted by atomic mass is 10.1. The first-order valence-corrected chi connectivity index (χ1v) is 7.23. The predicted molar refractivity (Wildman–Crippen MR) is 75.5 cm³/mol. The van der Waals surface area contributed by atoms with E-state index in [0.717, 1.165) is 16.5 Å². The Bertz CT molecular complexity index is 478. The van der Waals surface area contributed by atoms with Crippen LogP contribution in [0.25, 0.3) is 0 Å². The number of hydrogen-bond donors (Lipinski definition) is 0. The first-order chi connectivity index (χ1) is 7.70. The minimum Gasteiger partial charge on any atom is -0.143 e. The van der Waals surface area contributed by atoms with Crippen molar-refractivity contribution in [3.63, 3.8) is 0 Å². The number of rotatable bonds is 3. The summed E-state index contributed by atoms with van der Waals surface area (Å²) in [6.45, 7) is 2.16. The average Bonchev–Trinajstić information content (AvgIpc) is 2.76. The highest BCUT2D eigenvalue weighted by molar-refractivity contribution is 9.10. The number of halogens is 2. The van der Waals surface area contributed by atoms with E-state index in [-0.39, 0.29) is 5.38 Å². The second-order valence-corrected chi connectivity index (χ2v) is 6.13. The van der Waals surface area contributed by atoms with E-state index in [0.29, 0.717) is 0 Å². The zero-order valence-corrected chi connectivity index (χ0v) is 12.1. The van der Waals surface area contributed by atoms with E-state index >= 15 is 0 Å². The molecule has 0 fully saturated rings. The number of hydrogen-bond acceptors (Lipinski definition) is 1. The summed E-state index contributed by atoms with van der Waals surface area (Å²) in [6, 6.07) is 12.5. The fourth-order valence-electron chi connectivity index (χ4n) is 1.55. The van der Waals surface area contributed by atoms with Gasteiger partial charge in [-0.15, -0.1) is 22.9 Å². The fourth-order valence-corrected chi connectivity index (χ4v) is 3.27. The van der Waals surface area contributed by atoms with Crippen molar-refractivity contribution in [3.05, 3.63) is 56.2 Å². The summed E-state index contributed by atoms with van der Waals surface area (Å²) in [6.07, 6.45) is 1.08. The van der Waals surface area contributed by atoms with Gasteiger partial charge in [0.2, 0.25) is 0 Å². The maximum absolute atomic E-state index is 6.46. The van der Waals surface area contributed by atoms with Gasteiger partial charge >= 0.3 is 0 Å². The summed E-state index contributed by atoms with van der Waals surface area (Å²) in [5, 5.41) is -0.0391. The summed E-state index contributed by atoms with van der Waals surface area (Å²) in [5.41, 5.74) is 1.14. The van der Waals surface area contributed by atoms with Gasteiger partial charge in [0, 0.05) is 14.2 Å². The molecule has 1 aromatic heterocycles. The smallest absolute Gasteiger partial charge is 0.0928 e. The molecule has 3 heteroatoms. The van der Waals surface area contributed by atoms with E-state index in [1.807, 2.05) is 12.1 Å². The maximum atomic E-state index is 6.46. The van der Waals surface area contributed by atoms with Gasteiger partial charge in [-0.25, -0.2) is 0 Å². The van der Waals surface area contributed by atoms with Crippen molar-refractivity contribution in [1.29, 1.82) is 0 Å². The zero-order chi connectivity index (χ0) is 11.5. The molecule has 0 spiro atoms. The monoisotopic (exact) mass is 314 g/mol. The second-order valence-electron chi connectivity index (χ2n) is 3.58. The topological polar surface area (TPSA) is 0 Å². The second kappa shape index (κ2) is 5.35. The molecule has 0 saturated carbocycles. The van der Waals surface area contributed by atoms with Crippen molar-refractivity contribution in [3.8, 4) is 0 Å². The summed E-state index contributed by atoms with van der Waals surface area (Å²) >= 11 is 11.7. The minimum absolute atomic E-state index is 0.0391. The highest BCUT2D eigenvalue weighted by Gasteiger charge is 2.13. The summed E-state index contributed by atoms with van der Waals surface area (Å²) in [7, 11) is 0. The third-order valence-corrected chi connectivity index (χ3v) is 4.83. The molecule has 1 heterocycles. The highest BCUT2D eigenvalue weighted by Crippen LogP contribution is 2.34. The molecule has 0 amide bonds. The third kappa shape index (κ3) is 2.68.